The van der Waals surface area contributed by atoms with E-state index in [0.717, 1.165) is 17.3 Å². The predicted octanol–water partition coefficient (Wildman–Crippen LogP) is 3.04. The average Bonchev–Trinajstić information content (AvgIpc) is 3.28. The third-order valence-electron chi connectivity index (χ3n) is 4.67. The second kappa shape index (κ2) is 7.92. The first-order valence-corrected chi connectivity index (χ1v) is 9.47. The predicted molar refractivity (Wildman–Crippen MR) is 107 cm³/mol. The van der Waals surface area contributed by atoms with Gasteiger partial charge in [0.1, 0.15) is 5.69 Å². The highest BCUT2D eigenvalue weighted by Gasteiger charge is 2.26. The Hall–Kier alpha value is -2.39. The van der Waals surface area contributed by atoms with E-state index < -0.39 is 0 Å². The summed E-state index contributed by atoms with van der Waals surface area (Å²) in [6.45, 7) is 1.23. The summed E-state index contributed by atoms with van der Waals surface area (Å²) < 4.78 is 1.81. The number of rotatable bonds is 5. The molecule has 3 aromatic rings. The second-order valence-electron chi connectivity index (χ2n) is 6.51. The fourth-order valence-corrected chi connectivity index (χ4v) is 3.60. The van der Waals surface area contributed by atoms with Crippen LogP contribution in [0.2, 0.25) is 10.0 Å². The van der Waals surface area contributed by atoms with Crippen LogP contribution in [0.5, 0.6) is 0 Å². The van der Waals surface area contributed by atoms with E-state index in [-0.39, 0.29) is 11.9 Å². The largest absolute Gasteiger partial charge is 0.347 e. The molecule has 1 aromatic carbocycles. The quantitative estimate of drug-likeness (QED) is 0.617. The van der Waals surface area contributed by atoms with Crippen LogP contribution >= 0.6 is 23.2 Å². The summed E-state index contributed by atoms with van der Waals surface area (Å²) in [5, 5.41) is 6.45. The third-order valence-corrected chi connectivity index (χ3v) is 5.49. The van der Waals surface area contributed by atoms with Gasteiger partial charge in [-0.2, -0.15) is 10.0 Å². The van der Waals surface area contributed by atoms with Gasteiger partial charge in [0.05, 0.1) is 16.2 Å². The van der Waals surface area contributed by atoms with Crippen LogP contribution in [0.4, 0.5) is 5.82 Å². The molecule has 4 rings (SSSR count). The Morgan fingerprint density at radius 2 is 2.18 bits per heavy atom. The standard InChI is InChI=1S/C18H18Cl2N6O2/c1-25-14-3-2-13(19)17(20)12(14)8-15(25)18(27)23-11-4-7-26(10-11)28-24-16-9-21-5-6-22-16/h2-3,5-6,8-9,11H,4,7,10H2,1H3,(H,22,24)(H,23,27). The van der Waals surface area contributed by atoms with Crippen LogP contribution in [0.3, 0.4) is 0 Å². The van der Waals surface area contributed by atoms with Crippen LogP contribution in [0, 0.1) is 0 Å². The summed E-state index contributed by atoms with van der Waals surface area (Å²) in [5.41, 5.74) is 4.11. The number of nitrogens with one attached hydrogen (secondary N) is 2. The second-order valence-corrected chi connectivity index (χ2v) is 7.30. The number of anilines is 1. The van der Waals surface area contributed by atoms with Crippen molar-refractivity contribution in [2.75, 3.05) is 18.6 Å². The molecule has 28 heavy (non-hydrogen) atoms. The lowest BCUT2D eigenvalue weighted by molar-refractivity contribution is -0.114. The van der Waals surface area contributed by atoms with Gasteiger partial charge in [-0.1, -0.05) is 23.2 Å². The van der Waals surface area contributed by atoms with Gasteiger partial charge in [-0.25, -0.2) is 10.5 Å². The number of hydroxylamine groups is 2. The molecular weight excluding hydrogens is 403 g/mol. The van der Waals surface area contributed by atoms with Crippen molar-refractivity contribution in [1.82, 2.24) is 24.9 Å². The number of nitrogens with zero attached hydrogens (tertiary/aromatic N) is 4. The van der Waals surface area contributed by atoms with Gasteiger partial charge in [-0.05, 0) is 24.6 Å². The molecule has 3 heterocycles. The fraction of sp³-hybridized carbons (Fsp3) is 0.278. The van der Waals surface area contributed by atoms with Crippen molar-refractivity contribution in [3.05, 3.63) is 52.5 Å². The Labute approximate surface area is 171 Å². The van der Waals surface area contributed by atoms with Gasteiger partial charge in [0.15, 0.2) is 5.82 Å². The minimum Gasteiger partial charge on any atom is -0.347 e. The maximum absolute atomic E-state index is 12.8. The molecule has 1 atom stereocenters. The van der Waals surface area contributed by atoms with E-state index in [4.69, 9.17) is 28.1 Å². The van der Waals surface area contributed by atoms with E-state index in [1.807, 2.05) is 17.7 Å². The highest BCUT2D eigenvalue weighted by molar-refractivity contribution is 6.45. The van der Waals surface area contributed by atoms with Crippen LogP contribution in [0.1, 0.15) is 16.9 Å². The first kappa shape index (κ1) is 18.9. The number of benzene rings is 1. The zero-order valence-electron chi connectivity index (χ0n) is 15.0. The molecule has 0 radical (unpaired) electrons. The summed E-state index contributed by atoms with van der Waals surface area (Å²) in [5.74, 6) is 0.348. The molecule has 2 aromatic heterocycles. The van der Waals surface area contributed by atoms with Gasteiger partial charge in [0.2, 0.25) is 0 Å². The summed E-state index contributed by atoms with van der Waals surface area (Å²) in [6.07, 6.45) is 5.49. The Bertz CT molecular complexity index is 1010. The van der Waals surface area contributed by atoms with E-state index in [0.29, 0.717) is 34.6 Å². The minimum atomic E-state index is -0.167. The molecule has 1 saturated heterocycles. The molecule has 10 heteroatoms. The topological polar surface area (TPSA) is 84.3 Å². The van der Waals surface area contributed by atoms with Gasteiger partial charge >= 0.3 is 0 Å². The number of carbonyl (C=O) groups excluding carboxylic acids is 1. The fourth-order valence-electron chi connectivity index (χ4n) is 3.22. The lowest BCUT2D eigenvalue weighted by atomic mass is 10.2. The molecule has 1 amide bonds. The molecular formula is C18H18Cl2N6O2. The SMILES string of the molecule is Cn1c(C(=O)NC2CCN(ONc3cnccn3)C2)cc2c(Cl)c(Cl)ccc21. The zero-order chi connectivity index (χ0) is 19.7. The molecule has 1 unspecified atom stereocenters. The minimum absolute atomic E-state index is 0.0340. The first-order chi connectivity index (χ1) is 13.5. The van der Waals surface area contributed by atoms with Crippen molar-refractivity contribution in [2.45, 2.75) is 12.5 Å². The summed E-state index contributed by atoms with van der Waals surface area (Å²) in [7, 11) is 1.83. The van der Waals surface area contributed by atoms with Crippen molar-refractivity contribution in [3.63, 3.8) is 0 Å². The van der Waals surface area contributed by atoms with Crippen LogP contribution < -0.4 is 10.8 Å². The van der Waals surface area contributed by atoms with E-state index in [9.17, 15) is 4.79 Å². The number of fused-ring (bicyclic) bond motifs is 1. The van der Waals surface area contributed by atoms with E-state index >= 15 is 0 Å². The third kappa shape index (κ3) is 3.77. The van der Waals surface area contributed by atoms with Gasteiger partial charge < -0.3 is 9.88 Å². The van der Waals surface area contributed by atoms with Crippen LogP contribution in [-0.4, -0.2) is 44.6 Å². The number of aromatic nitrogens is 3. The molecule has 1 fully saturated rings. The molecule has 2 N–H and O–H groups in total. The van der Waals surface area contributed by atoms with Gasteiger partial charge in [-0.3, -0.25) is 9.78 Å². The van der Waals surface area contributed by atoms with E-state index in [1.54, 1.807) is 35.8 Å². The summed E-state index contributed by atoms with van der Waals surface area (Å²) >= 11 is 12.4. The van der Waals surface area contributed by atoms with Crippen LogP contribution in [-0.2, 0) is 12.0 Å². The highest BCUT2D eigenvalue weighted by atomic mass is 35.5. The number of aryl methyl sites for hydroxylation is 1. The van der Waals surface area contributed by atoms with Crippen molar-refractivity contribution in [2.24, 2.45) is 7.05 Å². The Balaban J connectivity index is 1.39. The Morgan fingerprint density at radius 3 is 2.96 bits per heavy atom. The smallest absolute Gasteiger partial charge is 0.268 e. The lowest BCUT2D eigenvalue weighted by Gasteiger charge is -2.16. The van der Waals surface area contributed by atoms with Crippen LogP contribution in [0.25, 0.3) is 10.9 Å². The molecule has 1 aliphatic rings. The molecule has 0 bridgehead atoms. The number of hydrogen-bond acceptors (Lipinski definition) is 6. The molecule has 0 saturated carbocycles. The monoisotopic (exact) mass is 420 g/mol. The highest BCUT2D eigenvalue weighted by Crippen LogP contribution is 2.32. The molecule has 1 aliphatic heterocycles. The molecule has 0 spiro atoms. The molecule has 0 aliphatic carbocycles. The van der Waals surface area contributed by atoms with E-state index in [1.165, 1.54) is 0 Å². The zero-order valence-corrected chi connectivity index (χ0v) is 16.5. The van der Waals surface area contributed by atoms with Crippen molar-refractivity contribution < 1.29 is 9.73 Å². The van der Waals surface area contributed by atoms with Gasteiger partial charge in [0.25, 0.3) is 5.91 Å². The number of carbonyl (C=O) groups is 1. The normalized spacial score (nSPS) is 17.2. The molecule has 146 valence electrons. The van der Waals surface area contributed by atoms with E-state index in [2.05, 4.69) is 20.8 Å². The maximum Gasteiger partial charge on any atom is 0.268 e. The van der Waals surface area contributed by atoms with Gasteiger partial charge in [0, 0.05) is 49.5 Å². The van der Waals surface area contributed by atoms with Crippen LogP contribution in [0.15, 0.2) is 36.8 Å². The van der Waals surface area contributed by atoms with Crippen molar-refractivity contribution in [3.8, 4) is 0 Å². The Kier molecular flexibility index (Phi) is 5.36. The summed E-state index contributed by atoms with van der Waals surface area (Å²) in [4.78, 5) is 26.3. The Morgan fingerprint density at radius 1 is 1.32 bits per heavy atom. The number of hydrogen-bond donors (Lipinski definition) is 2. The van der Waals surface area contributed by atoms with Crippen molar-refractivity contribution in [1.29, 1.82) is 0 Å². The number of halogens is 2. The maximum atomic E-state index is 12.8. The summed E-state index contributed by atoms with van der Waals surface area (Å²) in [6, 6.07) is 5.30. The first-order valence-electron chi connectivity index (χ1n) is 8.71. The van der Waals surface area contributed by atoms with Crippen molar-refractivity contribution >= 4 is 45.8 Å². The lowest BCUT2D eigenvalue weighted by Crippen LogP contribution is -2.38. The average molecular weight is 421 g/mol. The molecule has 8 nitrogen and oxygen atoms in total. The number of amides is 1. The van der Waals surface area contributed by atoms with Gasteiger partial charge in [-0.15, -0.1) is 0 Å².